The maximum absolute atomic E-state index is 13.0. The van der Waals surface area contributed by atoms with Gasteiger partial charge in [0, 0.05) is 50.8 Å². The summed E-state index contributed by atoms with van der Waals surface area (Å²) in [5.74, 6) is 1.13. The number of carbonyl (C=O) groups excluding carboxylic acids is 1. The van der Waals surface area contributed by atoms with Crippen molar-refractivity contribution in [2.45, 2.75) is 45.1 Å². The molecule has 138 valence electrons. The first kappa shape index (κ1) is 17.2. The summed E-state index contributed by atoms with van der Waals surface area (Å²) in [6, 6.07) is 1.67. The van der Waals surface area contributed by atoms with Gasteiger partial charge in [0.05, 0.1) is 5.69 Å². The first-order chi connectivity index (χ1) is 12.6. The van der Waals surface area contributed by atoms with Gasteiger partial charge in [-0.3, -0.25) is 9.59 Å². The number of fused-ring (bicyclic) bond motifs is 1. The molecule has 0 aromatic carbocycles. The molecule has 1 atom stereocenters. The van der Waals surface area contributed by atoms with Crippen molar-refractivity contribution in [3.05, 3.63) is 38.5 Å². The van der Waals surface area contributed by atoms with Crippen molar-refractivity contribution >= 4 is 22.4 Å². The average Bonchev–Trinajstić information content (AvgIpc) is 3.26. The van der Waals surface area contributed by atoms with Gasteiger partial charge in [-0.25, -0.2) is 4.98 Å². The molecule has 4 heterocycles. The number of hydrogen-bond donors (Lipinski definition) is 1. The number of aromatic nitrogens is 3. The molecule has 2 aliphatic rings. The number of likely N-dealkylation sites (tertiary alicyclic amines) is 1. The fourth-order valence-electron chi connectivity index (χ4n) is 4.00. The Kier molecular flexibility index (Phi) is 4.52. The highest BCUT2D eigenvalue weighted by molar-refractivity contribution is 7.17. The van der Waals surface area contributed by atoms with Crippen molar-refractivity contribution in [3.8, 4) is 0 Å². The van der Waals surface area contributed by atoms with E-state index in [1.807, 2.05) is 18.9 Å². The van der Waals surface area contributed by atoms with Crippen LogP contribution in [0.3, 0.4) is 0 Å². The van der Waals surface area contributed by atoms with Crippen LogP contribution in [0, 0.1) is 6.92 Å². The number of amides is 1. The molecule has 8 heteroatoms. The highest BCUT2D eigenvalue weighted by Crippen LogP contribution is 2.31. The van der Waals surface area contributed by atoms with Gasteiger partial charge in [-0.2, -0.15) is 4.98 Å². The van der Waals surface area contributed by atoms with Gasteiger partial charge in [-0.1, -0.05) is 11.3 Å². The van der Waals surface area contributed by atoms with Crippen LogP contribution in [0.25, 0.3) is 0 Å². The lowest BCUT2D eigenvalue weighted by Crippen LogP contribution is -2.40. The molecule has 0 aliphatic carbocycles. The Balaban J connectivity index is 1.59. The molecule has 4 rings (SSSR count). The lowest BCUT2D eigenvalue weighted by Gasteiger charge is -2.33. The van der Waals surface area contributed by atoms with Crippen molar-refractivity contribution in [3.63, 3.8) is 0 Å². The zero-order valence-corrected chi connectivity index (χ0v) is 15.9. The second-order valence-electron chi connectivity index (χ2n) is 6.96. The Morgan fingerprint density at radius 2 is 2.15 bits per heavy atom. The molecule has 2 aromatic rings. The quantitative estimate of drug-likeness (QED) is 0.890. The van der Waals surface area contributed by atoms with Gasteiger partial charge in [0.15, 0.2) is 5.13 Å². The van der Waals surface area contributed by atoms with Crippen LogP contribution in [0.1, 0.15) is 52.1 Å². The van der Waals surface area contributed by atoms with E-state index in [1.54, 1.807) is 6.07 Å². The lowest BCUT2D eigenvalue weighted by molar-refractivity contribution is 0.0708. The van der Waals surface area contributed by atoms with E-state index >= 15 is 0 Å². The molecule has 1 fully saturated rings. The smallest absolute Gasteiger partial charge is 0.273 e. The third-order valence-electron chi connectivity index (χ3n) is 5.25. The second-order valence-corrected chi connectivity index (χ2v) is 7.96. The highest BCUT2D eigenvalue weighted by atomic mass is 32.1. The SMILES string of the molecule is CNc1nc(C)c(C(=O)N2CCC[C@@H](c3cc(=O)nc4n3CCC4)C2)s1. The number of nitrogens with zero attached hydrogens (tertiary/aromatic N) is 4. The van der Waals surface area contributed by atoms with E-state index in [9.17, 15) is 9.59 Å². The average molecular weight is 373 g/mol. The molecule has 0 radical (unpaired) electrons. The third-order valence-corrected chi connectivity index (χ3v) is 6.41. The van der Waals surface area contributed by atoms with Crippen LogP contribution < -0.4 is 10.9 Å². The van der Waals surface area contributed by atoms with Crippen molar-refractivity contribution in [2.24, 2.45) is 0 Å². The molecule has 0 saturated carbocycles. The summed E-state index contributed by atoms with van der Waals surface area (Å²) in [5, 5.41) is 3.77. The van der Waals surface area contributed by atoms with Gasteiger partial charge < -0.3 is 14.8 Å². The fraction of sp³-hybridized carbons (Fsp3) is 0.556. The number of hydrogen-bond acceptors (Lipinski definition) is 6. The maximum Gasteiger partial charge on any atom is 0.273 e. The Bertz CT molecular complexity index is 903. The number of nitrogens with one attached hydrogen (secondary N) is 1. The van der Waals surface area contributed by atoms with E-state index in [0.717, 1.165) is 61.1 Å². The predicted molar refractivity (Wildman–Crippen MR) is 101 cm³/mol. The molecule has 1 saturated heterocycles. The minimum absolute atomic E-state index is 0.0456. The van der Waals surface area contributed by atoms with Gasteiger partial charge in [0.1, 0.15) is 10.7 Å². The number of carbonyl (C=O) groups is 1. The van der Waals surface area contributed by atoms with E-state index in [-0.39, 0.29) is 17.4 Å². The van der Waals surface area contributed by atoms with E-state index in [0.29, 0.717) is 11.4 Å². The van der Waals surface area contributed by atoms with Gasteiger partial charge >= 0.3 is 0 Å². The molecule has 2 aliphatic heterocycles. The van der Waals surface area contributed by atoms with Crippen LogP contribution in [-0.2, 0) is 13.0 Å². The van der Waals surface area contributed by atoms with Crippen molar-refractivity contribution in [2.75, 3.05) is 25.5 Å². The standard InChI is InChI=1S/C18H23N5O2S/c1-11-16(26-18(19-2)20-11)17(25)22-7-3-5-12(10-22)13-9-15(24)21-14-6-4-8-23(13)14/h9,12H,3-8,10H2,1-2H3,(H,19,20)/t12-/m1/s1. The van der Waals surface area contributed by atoms with Gasteiger partial charge in [-0.05, 0) is 26.2 Å². The number of aryl methyl sites for hydroxylation is 2. The highest BCUT2D eigenvalue weighted by Gasteiger charge is 2.30. The molecule has 0 spiro atoms. The summed E-state index contributed by atoms with van der Waals surface area (Å²) in [6.07, 6.45) is 3.84. The summed E-state index contributed by atoms with van der Waals surface area (Å²) >= 11 is 1.40. The zero-order valence-electron chi connectivity index (χ0n) is 15.1. The monoisotopic (exact) mass is 373 g/mol. The summed E-state index contributed by atoms with van der Waals surface area (Å²) in [5.41, 5.74) is 1.66. The molecule has 1 amide bonds. The van der Waals surface area contributed by atoms with Crippen LogP contribution in [0.2, 0.25) is 0 Å². The fourth-order valence-corrected chi connectivity index (χ4v) is 4.89. The number of thiazole rings is 1. The Morgan fingerprint density at radius 1 is 1.31 bits per heavy atom. The molecule has 2 aromatic heterocycles. The Hall–Kier alpha value is -2.22. The second kappa shape index (κ2) is 6.83. The Morgan fingerprint density at radius 3 is 2.92 bits per heavy atom. The summed E-state index contributed by atoms with van der Waals surface area (Å²) < 4.78 is 2.19. The van der Waals surface area contributed by atoms with Crippen LogP contribution in [-0.4, -0.2) is 45.5 Å². The summed E-state index contributed by atoms with van der Waals surface area (Å²) in [6.45, 7) is 4.20. The lowest BCUT2D eigenvalue weighted by atomic mass is 9.94. The first-order valence-corrected chi connectivity index (χ1v) is 9.93. The van der Waals surface area contributed by atoms with E-state index in [2.05, 4.69) is 19.9 Å². The minimum Gasteiger partial charge on any atom is -0.365 e. The van der Waals surface area contributed by atoms with Gasteiger partial charge in [0.2, 0.25) is 0 Å². The normalized spacial score (nSPS) is 19.5. The van der Waals surface area contributed by atoms with Crippen molar-refractivity contribution in [1.82, 2.24) is 19.4 Å². The number of rotatable bonds is 3. The van der Waals surface area contributed by atoms with Crippen molar-refractivity contribution in [1.29, 1.82) is 0 Å². The number of anilines is 1. The molecule has 26 heavy (non-hydrogen) atoms. The molecular formula is C18H23N5O2S. The predicted octanol–water partition coefficient (Wildman–Crippen LogP) is 2.02. The minimum atomic E-state index is -0.159. The van der Waals surface area contributed by atoms with E-state index in [1.165, 1.54) is 11.3 Å². The summed E-state index contributed by atoms with van der Waals surface area (Å²) in [7, 11) is 1.81. The zero-order chi connectivity index (χ0) is 18.3. The van der Waals surface area contributed by atoms with Crippen LogP contribution in [0.5, 0.6) is 0 Å². The third kappa shape index (κ3) is 3.02. The van der Waals surface area contributed by atoms with E-state index < -0.39 is 0 Å². The maximum atomic E-state index is 13.0. The molecule has 1 N–H and O–H groups in total. The molecule has 0 unspecified atom stereocenters. The summed E-state index contributed by atoms with van der Waals surface area (Å²) in [4.78, 5) is 36.2. The van der Waals surface area contributed by atoms with Crippen LogP contribution in [0.4, 0.5) is 5.13 Å². The van der Waals surface area contributed by atoms with Crippen LogP contribution >= 0.6 is 11.3 Å². The molecule has 7 nitrogen and oxygen atoms in total. The van der Waals surface area contributed by atoms with Gasteiger partial charge in [-0.15, -0.1) is 0 Å². The largest absolute Gasteiger partial charge is 0.365 e. The molecule has 0 bridgehead atoms. The van der Waals surface area contributed by atoms with E-state index in [4.69, 9.17) is 0 Å². The molecular weight excluding hydrogens is 350 g/mol. The van der Waals surface area contributed by atoms with Crippen molar-refractivity contribution < 1.29 is 4.79 Å². The number of piperidine rings is 1. The van der Waals surface area contributed by atoms with Crippen LogP contribution in [0.15, 0.2) is 10.9 Å². The topological polar surface area (TPSA) is 80.1 Å². The Labute approximate surface area is 156 Å². The van der Waals surface area contributed by atoms with Gasteiger partial charge in [0.25, 0.3) is 11.5 Å². The first-order valence-electron chi connectivity index (χ1n) is 9.12.